The monoisotopic (exact) mass is 359 g/mol. The van der Waals surface area contributed by atoms with E-state index in [4.69, 9.17) is 0 Å². The molecule has 2 aromatic carbocycles. The molecule has 138 valence electrons. The Morgan fingerprint density at radius 1 is 0.963 bits per heavy atom. The summed E-state index contributed by atoms with van der Waals surface area (Å²) in [6.07, 6.45) is 3.13. The SMILES string of the molecule is CC.O=C1CCc2ccc(CCC(=O)c3ccc4ccccc4n3)cc2C1. The molecule has 0 saturated carbocycles. The van der Waals surface area contributed by atoms with Crippen molar-refractivity contribution in [1.29, 1.82) is 0 Å². The molecule has 1 aromatic heterocycles. The van der Waals surface area contributed by atoms with Crippen molar-refractivity contribution in [2.24, 2.45) is 0 Å². The molecule has 0 bridgehead atoms. The number of ketones is 2. The molecule has 4 rings (SSSR count). The van der Waals surface area contributed by atoms with Gasteiger partial charge in [0.2, 0.25) is 0 Å². The van der Waals surface area contributed by atoms with Crippen molar-refractivity contribution >= 4 is 22.5 Å². The summed E-state index contributed by atoms with van der Waals surface area (Å²) < 4.78 is 0. The van der Waals surface area contributed by atoms with E-state index in [0.717, 1.165) is 28.5 Å². The number of aromatic nitrogens is 1. The van der Waals surface area contributed by atoms with E-state index >= 15 is 0 Å². The van der Waals surface area contributed by atoms with Crippen LogP contribution in [-0.4, -0.2) is 16.6 Å². The first-order valence-electron chi connectivity index (χ1n) is 9.70. The van der Waals surface area contributed by atoms with Crippen LogP contribution in [0.3, 0.4) is 0 Å². The highest BCUT2D eigenvalue weighted by Crippen LogP contribution is 2.21. The molecule has 0 N–H and O–H groups in total. The quantitative estimate of drug-likeness (QED) is 0.606. The molecule has 27 heavy (non-hydrogen) atoms. The van der Waals surface area contributed by atoms with E-state index < -0.39 is 0 Å². The van der Waals surface area contributed by atoms with Crippen molar-refractivity contribution in [1.82, 2.24) is 4.98 Å². The molecular formula is C24H25NO2. The molecule has 0 amide bonds. The van der Waals surface area contributed by atoms with Crippen molar-refractivity contribution in [3.8, 4) is 0 Å². The number of carbonyl (C=O) groups is 2. The van der Waals surface area contributed by atoms with Crippen molar-refractivity contribution in [3.63, 3.8) is 0 Å². The summed E-state index contributed by atoms with van der Waals surface area (Å²) in [5.41, 5.74) is 4.88. The summed E-state index contributed by atoms with van der Waals surface area (Å²) in [6.45, 7) is 4.00. The lowest BCUT2D eigenvalue weighted by molar-refractivity contribution is -0.118. The third kappa shape index (κ3) is 4.48. The molecule has 3 nitrogen and oxygen atoms in total. The van der Waals surface area contributed by atoms with Gasteiger partial charge in [0.1, 0.15) is 11.5 Å². The van der Waals surface area contributed by atoms with E-state index in [1.54, 1.807) is 6.07 Å². The molecule has 1 heterocycles. The summed E-state index contributed by atoms with van der Waals surface area (Å²) in [4.78, 5) is 28.6. The number of hydrogen-bond donors (Lipinski definition) is 0. The Kier molecular flexibility index (Phi) is 6.12. The molecule has 3 aromatic rings. The standard InChI is InChI=1S/C22H19NO2.C2H6/c24-19-10-8-16-7-5-15(13-18(16)14-19)6-12-22(25)21-11-9-17-3-1-2-4-20(17)23-21;1-2/h1-5,7,9,11,13H,6,8,10,12,14H2;1-2H3. The van der Waals surface area contributed by atoms with Crippen LogP contribution in [0.25, 0.3) is 10.9 Å². The number of aryl methyl sites for hydroxylation is 2. The molecule has 1 aliphatic carbocycles. The third-order valence-electron chi connectivity index (χ3n) is 4.86. The fourth-order valence-electron chi connectivity index (χ4n) is 3.43. The maximum Gasteiger partial charge on any atom is 0.181 e. The number of pyridine rings is 1. The van der Waals surface area contributed by atoms with E-state index in [-0.39, 0.29) is 5.78 Å². The molecule has 0 atom stereocenters. The lowest BCUT2D eigenvalue weighted by atomic mass is 9.89. The van der Waals surface area contributed by atoms with Crippen molar-refractivity contribution in [3.05, 3.63) is 77.0 Å². The smallest absolute Gasteiger partial charge is 0.181 e. The van der Waals surface area contributed by atoms with Crippen LogP contribution in [-0.2, 0) is 24.1 Å². The molecular weight excluding hydrogens is 334 g/mol. The van der Waals surface area contributed by atoms with Gasteiger partial charge in [-0.1, -0.05) is 56.3 Å². The third-order valence-corrected chi connectivity index (χ3v) is 4.86. The highest BCUT2D eigenvalue weighted by atomic mass is 16.1. The Morgan fingerprint density at radius 2 is 1.78 bits per heavy atom. The Balaban J connectivity index is 0.00000102. The zero-order valence-electron chi connectivity index (χ0n) is 16.0. The zero-order chi connectivity index (χ0) is 19.2. The summed E-state index contributed by atoms with van der Waals surface area (Å²) in [7, 11) is 0. The summed E-state index contributed by atoms with van der Waals surface area (Å²) in [5, 5.41) is 1.04. The lowest BCUT2D eigenvalue weighted by Crippen LogP contribution is -2.13. The highest BCUT2D eigenvalue weighted by molar-refractivity contribution is 5.96. The zero-order valence-corrected chi connectivity index (χ0v) is 16.0. The first-order valence-corrected chi connectivity index (χ1v) is 9.70. The van der Waals surface area contributed by atoms with Crippen molar-refractivity contribution in [2.45, 2.75) is 46.0 Å². The van der Waals surface area contributed by atoms with Crippen LogP contribution in [0.1, 0.15) is 53.9 Å². The fourth-order valence-corrected chi connectivity index (χ4v) is 3.43. The topological polar surface area (TPSA) is 47.0 Å². The molecule has 3 heteroatoms. The Morgan fingerprint density at radius 3 is 2.63 bits per heavy atom. The number of nitrogens with zero attached hydrogens (tertiary/aromatic N) is 1. The van der Waals surface area contributed by atoms with E-state index in [9.17, 15) is 9.59 Å². The van der Waals surface area contributed by atoms with Gasteiger partial charge in [0.15, 0.2) is 5.78 Å². The molecule has 0 unspecified atom stereocenters. The molecule has 0 fully saturated rings. The van der Waals surface area contributed by atoms with Crippen LogP contribution in [0.2, 0.25) is 0 Å². The second kappa shape index (κ2) is 8.72. The average Bonchev–Trinajstić information content (AvgIpc) is 2.72. The van der Waals surface area contributed by atoms with Crippen LogP contribution < -0.4 is 0 Å². The number of fused-ring (bicyclic) bond motifs is 2. The van der Waals surface area contributed by atoms with Gasteiger partial charge >= 0.3 is 0 Å². The molecule has 1 aliphatic rings. The van der Waals surface area contributed by atoms with Gasteiger partial charge in [-0.05, 0) is 41.7 Å². The number of benzene rings is 2. The summed E-state index contributed by atoms with van der Waals surface area (Å²) in [5.74, 6) is 0.362. The number of rotatable bonds is 4. The van der Waals surface area contributed by atoms with Crippen LogP contribution in [0.15, 0.2) is 54.6 Å². The van der Waals surface area contributed by atoms with Gasteiger partial charge in [0, 0.05) is 24.6 Å². The Labute approximate surface area is 160 Å². The Bertz CT molecular complexity index is 975. The van der Waals surface area contributed by atoms with Gasteiger partial charge in [-0.2, -0.15) is 0 Å². The minimum Gasteiger partial charge on any atom is -0.299 e. The maximum atomic E-state index is 12.5. The largest absolute Gasteiger partial charge is 0.299 e. The minimum absolute atomic E-state index is 0.0551. The van der Waals surface area contributed by atoms with Crippen LogP contribution in [0.5, 0.6) is 0 Å². The highest BCUT2D eigenvalue weighted by Gasteiger charge is 2.16. The van der Waals surface area contributed by atoms with E-state index in [1.165, 1.54) is 5.56 Å². The number of carbonyl (C=O) groups excluding carboxylic acids is 2. The molecule has 0 saturated heterocycles. The predicted octanol–water partition coefficient (Wildman–Crippen LogP) is 5.13. The van der Waals surface area contributed by atoms with Gasteiger partial charge in [-0.3, -0.25) is 9.59 Å². The van der Waals surface area contributed by atoms with E-state index in [2.05, 4.69) is 23.2 Å². The van der Waals surface area contributed by atoms with Gasteiger partial charge in [0.25, 0.3) is 0 Å². The average molecular weight is 359 g/mol. The number of hydrogen-bond acceptors (Lipinski definition) is 3. The van der Waals surface area contributed by atoms with E-state index in [1.807, 2.05) is 44.2 Å². The predicted molar refractivity (Wildman–Crippen MR) is 109 cm³/mol. The lowest BCUT2D eigenvalue weighted by Gasteiger charge is -2.15. The second-order valence-electron chi connectivity index (χ2n) is 6.63. The normalized spacial score (nSPS) is 12.9. The first-order chi connectivity index (χ1) is 13.2. The van der Waals surface area contributed by atoms with Crippen LogP contribution in [0, 0.1) is 0 Å². The minimum atomic E-state index is 0.0551. The van der Waals surface area contributed by atoms with Crippen LogP contribution in [0.4, 0.5) is 0 Å². The maximum absolute atomic E-state index is 12.5. The van der Waals surface area contributed by atoms with Crippen LogP contribution >= 0.6 is 0 Å². The van der Waals surface area contributed by atoms with Crippen molar-refractivity contribution in [2.75, 3.05) is 0 Å². The fraction of sp³-hybridized carbons (Fsp3) is 0.292. The number of para-hydroxylation sites is 1. The summed E-state index contributed by atoms with van der Waals surface area (Å²) in [6, 6.07) is 17.8. The van der Waals surface area contributed by atoms with Gasteiger partial charge < -0.3 is 0 Å². The first kappa shape index (κ1) is 19.0. The van der Waals surface area contributed by atoms with Gasteiger partial charge in [-0.15, -0.1) is 0 Å². The van der Waals surface area contributed by atoms with Gasteiger partial charge in [-0.25, -0.2) is 4.98 Å². The molecule has 0 spiro atoms. The van der Waals surface area contributed by atoms with E-state index in [0.29, 0.717) is 37.2 Å². The summed E-state index contributed by atoms with van der Waals surface area (Å²) >= 11 is 0. The second-order valence-corrected chi connectivity index (χ2v) is 6.63. The van der Waals surface area contributed by atoms with Crippen molar-refractivity contribution < 1.29 is 9.59 Å². The molecule has 0 radical (unpaired) electrons. The Hall–Kier alpha value is -2.81. The van der Waals surface area contributed by atoms with Gasteiger partial charge in [0.05, 0.1) is 5.52 Å². The number of Topliss-reactive ketones (excluding diaryl/α,β-unsaturated/α-hetero) is 2. The molecule has 0 aliphatic heterocycles.